The zero-order valence-corrected chi connectivity index (χ0v) is 24.4. The molecule has 2 aromatic carbocycles. The summed E-state index contributed by atoms with van der Waals surface area (Å²) in [5.41, 5.74) is 4.46. The molecule has 0 radical (unpaired) electrons. The molecule has 1 saturated heterocycles. The maximum Gasteiger partial charge on any atom is 0.257 e. The fourth-order valence-corrected chi connectivity index (χ4v) is 6.27. The molecule has 0 saturated carbocycles. The van der Waals surface area contributed by atoms with Gasteiger partial charge < -0.3 is 9.80 Å². The van der Waals surface area contributed by atoms with Crippen molar-refractivity contribution in [2.45, 2.75) is 56.1 Å². The summed E-state index contributed by atoms with van der Waals surface area (Å²) in [7, 11) is 0. The fraction of sp³-hybridized carbons (Fsp3) is 0.379. The van der Waals surface area contributed by atoms with Crippen LogP contribution in [-0.4, -0.2) is 58.7 Å². The molecule has 1 fully saturated rings. The highest BCUT2D eigenvalue weighted by Gasteiger charge is 2.25. The van der Waals surface area contributed by atoms with Gasteiger partial charge in [0.05, 0.1) is 10.4 Å². The van der Waals surface area contributed by atoms with Crippen LogP contribution in [0.3, 0.4) is 0 Å². The first-order valence-corrected chi connectivity index (χ1v) is 14.3. The number of carbonyl (C=O) groups excluding carboxylic acids is 3. The second-order valence-corrected chi connectivity index (χ2v) is 13.0. The van der Waals surface area contributed by atoms with Gasteiger partial charge in [-0.1, -0.05) is 62.1 Å². The predicted molar refractivity (Wildman–Crippen MR) is 153 cm³/mol. The number of piperazine rings is 1. The molecule has 0 aliphatic carbocycles. The van der Waals surface area contributed by atoms with Crippen LogP contribution in [0.1, 0.15) is 65.1 Å². The van der Waals surface area contributed by atoms with Gasteiger partial charge in [-0.05, 0) is 54.2 Å². The first-order chi connectivity index (χ1) is 17.9. The zero-order valence-electron chi connectivity index (χ0n) is 22.8. The van der Waals surface area contributed by atoms with E-state index in [2.05, 4.69) is 31.1 Å². The van der Waals surface area contributed by atoms with Crippen LogP contribution in [0.5, 0.6) is 0 Å². The summed E-state index contributed by atoms with van der Waals surface area (Å²) in [6.45, 7) is 14.1. The number of nitrogens with one attached hydrogen (secondary N) is 1. The summed E-state index contributed by atoms with van der Waals surface area (Å²) in [4.78, 5) is 46.6. The number of aromatic nitrogens is 1. The van der Waals surface area contributed by atoms with E-state index in [1.807, 2.05) is 55.1 Å². The second kappa shape index (κ2) is 11.3. The molecule has 1 aromatic heterocycles. The normalized spacial score (nSPS) is 13.9. The van der Waals surface area contributed by atoms with Crippen LogP contribution in [0.4, 0.5) is 5.13 Å². The van der Waals surface area contributed by atoms with Gasteiger partial charge in [0.2, 0.25) is 5.91 Å². The molecule has 0 spiro atoms. The molecule has 3 amide bonds. The average Bonchev–Trinajstić information content (AvgIpc) is 3.31. The third kappa shape index (κ3) is 6.45. The van der Waals surface area contributed by atoms with Crippen LogP contribution in [0.2, 0.25) is 0 Å². The van der Waals surface area contributed by atoms with Crippen molar-refractivity contribution in [3.63, 3.8) is 0 Å². The van der Waals surface area contributed by atoms with Crippen molar-refractivity contribution in [3.8, 4) is 0 Å². The number of aryl methyl sites for hydroxylation is 2. The highest BCUT2D eigenvalue weighted by atomic mass is 32.2. The SMILES string of the molecule is CC(=O)N1CCN(C(=O)c2cc(Sc3cnc(NC(=O)c4ccc(C(C)(C)C)cc4)s3)c(C)cc2C)CC1. The van der Waals surface area contributed by atoms with Crippen molar-refractivity contribution in [1.29, 1.82) is 0 Å². The van der Waals surface area contributed by atoms with Gasteiger partial charge in [-0.15, -0.1) is 0 Å². The number of hydrogen-bond acceptors (Lipinski definition) is 6. The third-order valence-electron chi connectivity index (χ3n) is 6.69. The molecule has 0 atom stereocenters. The Bertz CT molecular complexity index is 1350. The van der Waals surface area contributed by atoms with Gasteiger partial charge in [-0.25, -0.2) is 4.98 Å². The number of anilines is 1. The van der Waals surface area contributed by atoms with Gasteiger partial charge >= 0.3 is 0 Å². The summed E-state index contributed by atoms with van der Waals surface area (Å²) in [6, 6.07) is 11.6. The predicted octanol–water partition coefficient (Wildman–Crippen LogP) is 5.77. The lowest BCUT2D eigenvalue weighted by Gasteiger charge is -2.34. The molecule has 0 bridgehead atoms. The topological polar surface area (TPSA) is 82.6 Å². The number of carbonyl (C=O) groups is 3. The molecule has 38 heavy (non-hydrogen) atoms. The fourth-order valence-electron chi connectivity index (χ4n) is 4.33. The van der Waals surface area contributed by atoms with E-state index >= 15 is 0 Å². The van der Waals surface area contributed by atoms with Crippen LogP contribution in [0.15, 0.2) is 51.7 Å². The van der Waals surface area contributed by atoms with Gasteiger partial charge in [-0.2, -0.15) is 0 Å². The van der Waals surface area contributed by atoms with Crippen LogP contribution in [0.25, 0.3) is 0 Å². The van der Waals surface area contributed by atoms with Crippen LogP contribution in [-0.2, 0) is 10.2 Å². The molecule has 3 aromatic rings. The molecule has 1 aliphatic rings. The lowest BCUT2D eigenvalue weighted by Crippen LogP contribution is -2.50. The van der Waals surface area contributed by atoms with Gasteiger partial charge in [0.25, 0.3) is 11.8 Å². The molecule has 1 N–H and O–H groups in total. The standard InChI is InChI=1S/C29H34N4O3S2/c1-18-15-19(2)24(16-23(18)27(36)33-13-11-32(12-14-33)20(3)34)37-25-17-30-28(38-25)31-26(35)21-7-9-22(10-8-21)29(4,5)6/h7-10,15-17H,11-14H2,1-6H3,(H,30,31,35). The lowest BCUT2D eigenvalue weighted by molar-refractivity contribution is -0.130. The zero-order chi connectivity index (χ0) is 27.6. The number of amides is 3. The van der Waals surface area contributed by atoms with E-state index in [4.69, 9.17) is 0 Å². The number of rotatable bonds is 5. The van der Waals surface area contributed by atoms with Gasteiger partial charge in [-0.3, -0.25) is 19.7 Å². The Labute approximate surface area is 232 Å². The molecule has 200 valence electrons. The molecule has 4 rings (SSSR count). The Kier molecular flexibility index (Phi) is 8.28. The van der Waals surface area contributed by atoms with E-state index in [1.54, 1.807) is 18.0 Å². The van der Waals surface area contributed by atoms with Crippen LogP contribution < -0.4 is 5.32 Å². The Morgan fingerprint density at radius 3 is 2.18 bits per heavy atom. The molecule has 9 heteroatoms. The monoisotopic (exact) mass is 550 g/mol. The summed E-state index contributed by atoms with van der Waals surface area (Å²) >= 11 is 2.94. The van der Waals surface area contributed by atoms with Crippen LogP contribution in [0, 0.1) is 13.8 Å². The molecule has 2 heterocycles. The first kappa shape index (κ1) is 27.9. The van der Waals surface area contributed by atoms with Crippen LogP contribution >= 0.6 is 23.1 Å². The smallest absolute Gasteiger partial charge is 0.257 e. The summed E-state index contributed by atoms with van der Waals surface area (Å²) in [6.07, 6.45) is 1.75. The highest BCUT2D eigenvalue weighted by molar-refractivity contribution is 8.01. The van der Waals surface area contributed by atoms with E-state index in [0.29, 0.717) is 42.4 Å². The average molecular weight is 551 g/mol. The number of nitrogens with zero attached hydrogens (tertiary/aromatic N) is 3. The molecular weight excluding hydrogens is 516 g/mol. The van der Waals surface area contributed by atoms with Crippen molar-refractivity contribution in [2.75, 3.05) is 31.5 Å². The largest absolute Gasteiger partial charge is 0.339 e. The van der Waals surface area contributed by atoms with Crippen molar-refractivity contribution < 1.29 is 14.4 Å². The second-order valence-electron chi connectivity index (χ2n) is 10.6. The summed E-state index contributed by atoms with van der Waals surface area (Å²) in [5, 5.41) is 3.43. The minimum atomic E-state index is -0.194. The van der Waals surface area contributed by atoms with Crippen molar-refractivity contribution in [2.24, 2.45) is 0 Å². The van der Waals surface area contributed by atoms with E-state index in [9.17, 15) is 14.4 Å². The van der Waals surface area contributed by atoms with E-state index in [-0.39, 0.29) is 23.1 Å². The van der Waals surface area contributed by atoms with Crippen molar-refractivity contribution in [3.05, 3.63) is 70.4 Å². The summed E-state index contributed by atoms with van der Waals surface area (Å²) < 4.78 is 0.920. The Balaban J connectivity index is 1.43. The minimum Gasteiger partial charge on any atom is -0.339 e. The quantitative estimate of drug-likeness (QED) is 0.436. The van der Waals surface area contributed by atoms with Gasteiger partial charge in [0, 0.05) is 49.1 Å². The maximum absolute atomic E-state index is 13.3. The summed E-state index contributed by atoms with van der Waals surface area (Å²) in [5.74, 6) is -0.163. The Morgan fingerprint density at radius 1 is 0.947 bits per heavy atom. The number of thiazole rings is 1. The van der Waals surface area contributed by atoms with Gasteiger partial charge in [0.1, 0.15) is 0 Å². The Hall–Kier alpha value is -3.17. The first-order valence-electron chi connectivity index (χ1n) is 12.6. The highest BCUT2D eigenvalue weighted by Crippen LogP contribution is 2.37. The third-order valence-corrected chi connectivity index (χ3v) is 8.87. The minimum absolute atomic E-state index is 0.0118. The van der Waals surface area contributed by atoms with Gasteiger partial charge in [0.15, 0.2) is 5.13 Å². The molecule has 7 nitrogen and oxygen atoms in total. The van der Waals surface area contributed by atoms with E-state index in [1.165, 1.54) is 28.7 Å². The van der Waals surface area contributed by atoms with Crippen molar-refractivity contribution in [1.82, 2.24) is 14.8 Å². The Morgan fingerprint density at radius 2 is 1.58 bits per heavy atom. The number of benzene rings is 2. The van der Waals surface area contributed by atoms with E-state index < -0.39 is 0 Å². The lowest BCUT2D eigenvalue weighted by atomic mass is 9.87. The molecular formula is C29H34N4O3S2. The van der Waals surface area contributed by atoms with Crippen molar-refractivity contribution >= 4 is 46.0 Å². The molecule has 0 unspecified atom stereocenters. The maximum atomic E-state index is 13.3. The molecule has 1 aliphatic heterocycles. The van der Waals surface area contributed by atoms with E-state index in [0.717, 1.165) is 20.2 Å². The number of hydrogen-bond donors (Lipinski definition) is 1.